The average Bonchev–Trinajstić information content (AvgIpc) is 2.47. The zero-order valence-electron chi connectivity index (χ0n) is 8.90. The molecule has 0 saturated heterocycles. The molecule has 0 aliphatic rings. The van der Waals surface area contributed by atoms with E-state index >= 15 is 0 Å². The topological polar surface area (TPSA) is 63.1 Å². The standard InChI is InChI=1S/C8H15N5O/c1-5-9-7(14)6-10-11-8(12(2)3)13(6)4/h5H2,1-4H3,(H,9,14). The van der Waals surface area contributed by atoms with E-state index in [4.69, 9.17) is 0 Å². The van der Waals surface area contributed by atoms with Gasteiger partial charge in [0.25, 0.3) is 5.91 Å². The molecule has 1 amide bonds. The molecule has 6 nitrogen and oxygen atoms in total. The first-order valence-electron chi connectivity index (χ1n) is 4.42. The number of anilines is 1. The van der Waals surface area contributed by atoms with Crippen LogP contribution >= 0.6 is 0 Å². The molecule has 1 aromatic rings. The second-order valence-corrected chi connectivity index (χ2v) is 3.14. The molecule has 0 bridgehead atoms. The van der Waals surface area contributed by atoms with Crippen LogP contribution in [0.15, 0.2) is 0 Å². The summed E-state index contributed by atoms with van der Waals surface area (Å²) < 4.78 is 1.66. The molecular weight excluding hydrogens is 182 g/mol. The third-order valence-electron chi connectivity index (χ3n) is 1.79. The first-order valence-corrected chi connectivity index (χ1v) is 4.42. The van der Waals surface area contributed by atoms with Gasteiger partial charge in [0.2, 0.25) is 11.8 Å². The molecule has 0 aromatic carbocycles. The fourth-order valence-corrected chi connectivity index (χ4v) is 1.15. The highest BCUT2D eigenvalue weighted by atomic mass is 16.2. The average molecular weight is 197 g/mol. The number of hydrogen-bond donors (Lipinski definition) is 1. The Labute approximate surface area is 82.9 Å². The van der Waals surface area contributed by atoms with Gasteiger partial charge in [0.1, 0.15) is 0 Å². The smallest absolute Gasteiger partial charge is 0.289 e. The lowest BCUT2D eigenvalue weighted by molar-refractivity contribution is 0.0942. The minimum atomic E-state index is -0.199. The molecule has 78 valence electrons. The molecule has 1 aromatic heterocycles. The van der Waals surface area contributed by atoms with Crippen molar-refractivity contribution >= 4 is 11.9 Å². The normalized spacial score (nSPS) is 10.0. The van der Waals surface area contributed by atoms with Gasteiger partial charge >= 0.3 is 0 Å². The summed E-state index contributed by atoms with van der Waals surface area (Å²) in [6, 6.07) is 0. The van der Waals surface area contributed by atoms with Gasteiger partial charge in [-0.2, -0.15) is 0 Å². The lowest BCUT2D eigenvalue weighted by atomic mass is 10.5. The van der Waals surface area contributed by atoms with Gasteiger partial charge in [-0.25, -0.2) is 0 Å². The van der Waals surface area contributed by atoms with Crippen LogP contribution in [0.4, 0.5) is 5.95 Å². The number of aromatic nitrogens is 3. The molecule has 14 heavy (non-hydrogen) atoms. The second kappa shape index (κ2) is 4.08. The van der Waals surface area contributed by atoms with Crippen molar-refractivity contribution in [3.63, 3.8) is 0 Å². The van der Waals surface area contributed by atoms with Crippen LogP contribution in [0.5, 0.6) is 0 Å². The van der Waals surface area contributed by atoms with Crippen molar-refractivity contribution < 1.29 is 4.79 Å². The molecule has 0 saturated carbocycles. The Balaban J connectivity index is 2.95. The maximum Gasteiger partial charge on any atom is 0.289 e. The van der Waals surface area contributed by atoms with Crippen molar-refractivity contribution in [2.45, 2.75) is 6.92 Å². The van der Waals surface area contributed by atoms with Crippen LogP contribution in [0.2, 0.25) is 0 Å². The molecular formula is C8H15N5O. The minimum Gasteiger partial charge on any atom is -0.350 e. The Morgan fingerprint density at radius 2 is 2.14 bits per heavy atom. The van der Waals surface area contributed by atoms with Crippen LogP contribution in [0.3, 0.4) is 0 Å². The van der Waals surface area contributed by atoms with E-state index in [0.29, 0.717) is 18.3 Å². The summed E-state index contributed by atoms with van der Waals surface area (Å²) in [6.45, 7) is 2.45. The van der Waals surface area contributed by atoms with Crippen LogP contribution in [-0.4, -0.2) is 41.3 Å². The van der Waals surface area contributed by atoms with E-state index < -0.39 is 0 Å². The monoisotopic (exact) mass is 197 g/mol. The number of nitrogens with one attached hydrogen (secondary N) is 1. The van der Waals surface area contributed by atoms with Crippen LogP contribution < -0.4 is 10.2 Å². The van der Waals surface area contributed by atoms with E-state index in [9.17, 15) is 4.79 Å². The van der Waals surface area contributed by atoms with Gasteiger partial charge < -0.3 is 10.2 Å². The molecule has 6 heteroatoms. The van der Waals surface area contributed by atoms with Crippen LogP contribution in [0.1, 0.15) is 17.5 Å². The summed E-state index contributed by atoms with van der Waals surface area (Å²) in [5.41, 5.74) is 0. The van der Waals surface area contributed by atoms with Crippen LogP contribution in [0, 0.1) is 0 Å². The quantitative estimate of drug-likeness (QED) is 0.718. The maximum absolute atomic E-state index is 11.4. The zero-order chi connectivity index (χ0) is 10.7. The first-order chi connectivity index (χ1) is 6.57. The molecule has 0 radical (unpaired) electrons. The second-order valence-electron chi connectivity index (χ2n) is 3.14. The summed E-state index contributed by atoms with van der Waals surface area (Å²) in [6.07, 6.45) is 0. The predicted octanol–water partition coefficient (Wildman–Crippen LogP) is -0.369. The maximum atomic E-state index is 11.4. The van der Waals surface area contributed by atoms with E-state index in [2.05, 4.69) is 15.5 Å². The number of amides is 1. The highest BCUT2D eigenvalue weighted by Gasteiger charge is 2.15. The first kappa shape index (κ1) is 10.5. The molecule has 1 N–H and O–H groups in total. The Bertz CT molecular complexity index is 330. The summed E-state index contributed by atoms with van der Waals surface area (Å²) in [5, 5.41) is 10.4. The van der Waals surface area contributed by atoms with Gasteiger partial charge in [-0.1, -0.05) is 0 Å². The van der Waals surface area contributed by atoms with Crippen LogP contribution in [-0.2, 0) is 7.05 Å². The number of hydrogen-bond acceptors (Lipinski definition) is 4. The SMILES string of the molecule is CCNC(=O)c1nnc(N(C)C)n1C. The third kappa shape index (κ3) is 1.84. The molecule has 0 aliphatic heterocycles. The van der Waals surface area contributed by atoms with Gasteiger partial charge in [0, 0.05) is 27.7 Å². The van der Waals surface area contributed by atoms with Crippen LogP contribution in [0.25, 0.3) is 0 Å². The number of rotatable bonds is 3. The van der Waals surface area contributed by atoms with Gasteiger partial charge in [0.15, 0.2) is 0 Å². The summed E-state index contributed by atoms with van der Waals surface area (Å²) in [5.74, 6) is 0.789. The van der Waals surface area contributed by atoms with E-state index in [-0.39, 0.29) is 5.91 Å². The molecule has 0 aliphatic carbocycles. The number of carbonyl (C=O) groups is 1. The molecule has 1 rings (SSSR count). The van der Waals surface area contributed by atoms with Crippen molar-refractivity contribution in [3.05, 3.63) is 5.82 Å². The van der Waals surface area contributed by atoms with Gasteiger partial charge in [-0.05, 0) is 6.92 Å². The molecule has 0 spiro atoms. The van der Waals surface area contributed by atoms with Gasteiger partial charge in [0.05, 0.1) is 0 Å². The summed E-state index contributed by atoms with van der Waals surface area (Å²) in [7, 11) is 5.47. The highest BCUT2D eigenvalue weighted by Crippen LogP contribution is 2.07. The molecule has 0 atom stereocenters. The third-order valence-corrected chi connectivity index (χ3v) is 1.79. The van der Waals surface area contributed by atoms with Gasteiger partial charge in [-0.3, -0.25) is 9.36 Å². The Hall–Kier alpha value is -1.59. The Morgan fingerprint density at radius 1 is 1.50 bits per heavy atom. The van der Waals surface area contributed by atoms with Crippen molar-refractivity contribution in [1.29, 1.82) is 0 Å². The van der Waals surface area contributed by atoms with Crippen molar-refractivity contribution in [2.24, 2.45) is 7.05 Å². The van der Waals surface area contributed by atoms with E-state index in [1.54, 1.807) is 16.5 Å². The number of nitrogens with zero attached hydrogens (tertiary/aromatic N) is 4. The zero-order valence-corrected chi connectivity index (χ0v) is 8.90. The minimum absolute atomic E-state index is 0.199. The van der Waals surface area contributed by atoms with E-state index in [0.717, 1.165) is 0 Å². The molecule has 0 fully saturated rings. The Morgan fingerprint density at radius 3 is 2.57 bits per heavy atom. The van der Waals surface area contributed by atoms with Crippen molar-refractivity contribution in [1.82, 2.24) is 20.1 Å². The van der Waals surface area contributed by atoms with Crippen molar-refractivity contribution in [2.75, 3.05) is 25.5 Å². The lowest BCUT2D eigenvalue weighted by Gasteiger charge is -2.10. The van der Waals surface area contributed by atoms with Gasteiger partial charge in [-0.15, -0.1) is 10.2 Å². The summed E-state index contributed by atoms with van der Waals surface area (Å²) in [4.78, 5) is 13.2. The fourth-order valence-electron chi connectivity index (χ4n) is 1.15. The lowest BCUT2D eigenvalue weighted by Crippen LogP contribution is -2.26. The highest BCUT2D eigenvalue weighted by molar-refractivity contribution is 5.90. The fraction of sp³-hybridized carbons (Fsp3) is 0.625. The predicted molar refractivity (Wildman–Crippen MR) is 53.3 cm³/mol. The van der Waals surface area contributed by atoms with E-state index in [1.165, 1.54) is 0 Å². The largest absolute Gasteiger partial charge is 0.350 e. The molecule has 0 unspecified atom stereocenters. The summed E-state index contributed by atoms with van der Waals surface area (Å²) >= 11 is 0. The molecule has 1 heterocycles. The Kier molecular flexibility index (Phi) is 3.06. The number of carbonyl (C=O) groups excluding carboxylic acids is 1. The van der Waals surface area contributed by atoms with Crippen molar-refractivity contribution in [3.8, 4) is 0 Å². The van der Waals surface area contributed by atoms with E-state index in [1.807, 2.05) is 21.0 Å².